The molecule has 7 heteroatoms. The molecule has 0 aliphatic heterocycles. The number of benzene rings is 3. The fourth-order valence-corrected chi connectivity index (χ4v) is 2.77. The van der Waals surface area contributed by atoms with E-state index in [4.69, 9.17) is 9.15 Å². The molecule has 0 bridgehead atoms. The van der Waals surface area contributed by atoms with Crippen LogP contribution < -0.4 is 10.4 Å². The van der Waals surface area contributed by atoms with Crippen LogP contribution in [0.2, 0.25) is 0 Å². The average Bonchev–Trinajstić information content (AvgIpc) is 2.69. The van der Waals surface area contributed by atoms with Gasteiger partial charge in [-0.15, -0.1) is 0 Å². The van der Waals surface area contributed by atoms with Crippen LogP contribution in [0.3, 0.4) is 0 Å². The van der Waals surface area contributed by atoms with Gasteiger partial charge in [0.25, 0.3) is 5.69 Å². The van der Waals surface area contributed by atoms with Crippen molar-refractivity contribution in [2.24, 2.45) is 0 Å². The third-order valence-electron chi connectivity index (χ3n) is 4.15. The number of non-ortho nitro benzene ring substituents is 1. The molecule has 1 heterocycles. The first-order chi connectivity index (χ1) is 13.5. The molecule has 4 aromatic rings. The standard InChI is InChI=1S/C21H14N2O5/c1-13-5-10-19-18(11-13)21(24)28-20(22-19)14-3-2-4-17(12-14)27-16-8-6-15(7-9-16)23(25)26/h2-12H,1H3. The zero-order valence-corrected chi connectivity index (χ0v) is 14.8. The van der Waals surface area contributed by atoms with Gasteiger partial charge in [-0.1, -0.05) is 17.7 Å². The zero-order valence-electron chi connectivity index (χ0n) is 14.8. The van der Waals surface area contributed by atoms with Gasteiger partial charge in [0.05, 0.1) is 15.8 Å². The highest BCUT2D eigenvalue weighted by molar-refractivity contribution is 5.79. The van der Waals surface area contributed by atoms with Crippen molar-refractivity contribution in [2.75, 3.05) is 0 Å². The van der Waals surface area contributed by atoms with Crippen LogP contribution >= 0.6 is 0 Å². The number of aromatic nitrogens is 1. The van der Waals surface area contributed by atoms with Crippen LogP contribution in [0.15, 0.2) is 75.9 Å². The Balaban J connectivity index is 1.67. The van der Waals surface area contributed by atoms with Gasteiger partial charge in [-0.05, 0) is 49.4 Å². The molecule has 0 saturated carbocycles. The van der Waals surface area contributed by atoms with E-state index in [1.807, 2.05) is 13.0 Å². The maximum Gasteiger partial charge on any atom is 0.347 e. The predicted octanol–water partition coefficient (Wildman–Crippen LogP) is 4.86. The van der Waals surface area contributed by atoms with Crippen LogP contribution in [0.4, 0.5) is 5.69 Å². The zero-order chi connectivity index (χ0) is 19.7. The van der Waals surface area contributed by atoms with Crippen LogP contribution in [0.5, 0.6) is 11.5 Å². The van der Waals surface area contributed by atoms with Gasteiger partial charge in [-0.2, -0.15) is 0 Å². The molecule has 0 N–H and O–H groups in total. The lowest BCUT2D eigenvalue weighted by molar-refractivity contribution is -0.384. The molecule has 0 spiro atoms. The van der Waals surface area contributed by atoms with Crippen molar-refractivity contribution in [3.63, 3.8) is 0 Å². The van der Waals surface area contributed by atoms with Crippen molar-refractivity contribution < 1.29 is 14.1 Å². The number of nitro groups is 1. The number of aryl methyl sites for hydroxylation is 1. The van der Waals surface area contributed by atoms with E-state index in [9.17, 15) is 14.9 Å². The molecule has 0 unspecified atom stereocenters. The molecule has 28 heavy (non-hydrogen) atoms. The van der Waals surface area contributed by atoms with Gasteiger partial charge >= 0.3 is 5.63 Å². The molecule has 4 rings (SSSR count). The van der Waals surface area contributed by atoms with E-state index < -0.39 is 10.5 Å². The Bertz CT molecular complexity index is 1250. The summed E-state index contributed by atoms with van der Waals surface area (Å²) >= 11 is 0. The molecule has 3 aromatic carbocycles. The van der Waals surface area contributed by atoms with E-state index in [0.717, 1.165) is 5.56 Å². The molecule has 1 aromatic heterocycles. The molecule has 0 radical (unpaired) electrons. The highest BCUT2D eigenvalue weighted by atomic mass is 16.6. The van der Waals surface area contributed by atoms with Gasteiger partial charge in [0.15, 0.2) is 0 Å². The fourth-order valence-electron chi connectivity index (χ4n) is 2.77. The minimum Gasteiger partial charge on any atom is -0.457 e. The van der Waals surface area contributed by atoms with Crippen LogP contribution in [0, 0.1) is 17.0 Å². The second-order valence-electron chi connectivity index (χ2n) is 6.21. The van der Waals surface area contributed by atoms with Crippen molar-refractivity contribution in [2.45, 2.75) is 6.92 Å². The SMILES string of the molecule is Cc1ccc2nc(-c3cccc(Oc4ccc([N+](=O)[O-])cc4)c3)oc(=O)c2c1. The number of fused-ring (bicyclic) bond motifs is 1. The van der Waals surface area contributed by atoms with Gasteiger partial charge < -0.3 is 9.15 Å². The van der Waals surface area contributed by atoms with Gasteiger partial charge in [-0.3, -0.25) is 10.1 Å². The Hall–Kier alpha value is -4.00. The molecule has 0 amide bonds. The fraction of sp³-hybridized carbons (Fsp3) is 0.0476. The van der Waals surface area contributed by atoms with Gasteiger partial charge in [0, 0.05) is 17.7 Å². The summed E-state index contributed by atoms with van der Waals surface area (Å²) in [5.74, 6) is 1.13. The second-order valence-corrected chi connectivity index (χ2v) is 6.21. The molecular formula is C21H14N2O5. The normalized spacial score (nSPS) is 10.8. The lowest BCUT2D eigenvalue weighted by atomic mass is 10.1. The van der Waals surface area contributed by atoms with Gasteiger partial charge in [-0.25, -0.2) is 9.78 Å². The second kappa shape index (κ2) is 6.96. The molecule has 0 atom stereocenters. The first kappa shape index (κ1) is 17.4. The monoisotopic (exact) mass is 374 g/mol. The topological polar surface area (TPSA) is 95.5 Å². The van der Waals surface area contributed by atoms with Crippen molar-refractivity contribution in [3.8, 4) is 23.0 Å². The van der Waals surface area contributed by atoms with Gasteiger partial charge in [0.1, 0.15) is 11.5 Å². The largest absolute Gasteiger partial charge is 0.457 e. The Morgan fingerprint density at radius 3 is 2.54 bits per heavy atom. The first-order valence-electron chi connectivity index (χ1n) is 8.44. The third-order valence-corrected chi connectivity index (χ3v) is 4.15. The molecule has 0 saturated heterocycles. The summed E-state index contributed by atoms with van der Waals surface area (Å²) in [6, 6.07) is 18.1. The number of nitrogens with zero attached hydrogens (tertiary/aromatic N) is 2. The summed E-state index contributed by atoms with van der Waals surface area (Å²) in [5, 5.41) is 11.2. The third kappa shape index (κ3) is 3.45. The van der Waals surface area contributed by atoms with Gasteiger partial charge in [0.2, 0.25) is 5.89 Å². The maximum absolute atomic E-state index is 12.3. The van der Waals surface area contributed by atoms with E-state index in [0.29, 0.717) is 28.0 Å². The highest BCUT2D eigenvalue weighted by Gasteiger charge is 2.10. The van der Waals surface area contributed by atoms with Crippen molar-refractivity contribution in [1.82, 2.24) is 4.98 Å². The van der Waals surface area contributed by atoms with Crippen molar-refractivity contribution >= 4 is 16.6 Å². The predicted molar refractivity (Wildman–Crippen MR) is 104 cm³/mol. The van der Waals surface area contributed by atoms with E-state index in [1.165, 1.54) is 24.3 Å². The van der Waals surface area contributed by atoms with E-state index >= 15 is 0 Å². The Kier molecular flexibility index (Phi) is 4.33. The molecular weight excluding hydrogens is 360 g/mol. The summed E-state index contributed by atoms with van der Waals surface area (Å²) < 4.78 is 11.1. The van der Waals surface area contributed by atoms with Crippen LogP contribution in [0.25, 0.3) is 22.4 Å². The summed E-state index contributed by atoms with van der Waals surface area (Å²) in [6.45, 7) is 1.89. The maximum atomic E-state index is 12.3. The number of hydrogen-bond acceptors (Lipinski definition) is 6. The highest BCUT2D eigenvalue weighted by Crippen LogP contribution is 2.28. The van der Waals surface area contributed by atoms with Crippen LogP contribution in [0.1, 0.15) is 5.56 Å². The summed E-state index contributed by atoms with van der Waals surface area (Å²) in [4.78, 5) is 27.0. The molecule has 0 aliphatic rings. The molecule has 7 nitrogen and oxygen atoms in total. The van der Waals surface area contributed by atoms with Crippen LogP contribution in [-0.2, 0) is 0 Å². The molecule has 0 fully saturated rings. The van der Waals surface area contributed by atoms with E-state index in [2.05, 4.69) is 4.98 Å². The summed E-state index contributed by atoms with van der Waals surface area (Å²) in [6.07, 6.45) is 0. The minimum atomic E-state index is -0.473. The quantitative estimate of drug-likeness (QED) is 0.374. The first-order valence-corrected chi connectivity index (χ1v) is 8.44. The Morgan fingerprint density at radius 2 is 1.79 bits per heavy atom. The lowest BCUT2D eigenvalue weighted by Gasteiger charge is -2.07. The Labute approximate surface area is 159 Å². The van der Waals surface area contributed by atoms with Crippen LogP contribution in [-0.4, -0.2) is 9.91 Å². The number of rotatable bonds is 4. The number of ether oxygens (including phenoxy) is 1. The minimum absolute atomic E-state index is 0.0153. The number of hydrogen-bond donors (Lipinski definition) is 0. The van der Waals surface area contributed by atoms with E-state index in [-0.39, 0.29) is 11.6 Å². The molecule has 138 valence electrons. The number of nitro benzene ring substituents is 1. The summed E-state index contributed by atoms with van der Waals surface area (Å²) in [7, 11) is 0. The average molecular weight is 374 g/mol. The van der Waals surface area contributed by atoms with E-state index in [1.54, 1.807) is 36.4 Å². The summed E-state index contributed by atoms with van der Waals surface area (Å²) in [5.41, 5.74) is 1.62. The van der Waals surface area contributed by atoms with Crippen molar-refractivity contribution in [3.05, 3.63) is 92.8 Å². The smallest absolute Gasteiger partial charge is 0.347 e. The van der Waals surface area contributed by atoms with Crippen molar-refractivity contribution in [1.29, 1.82) is 0 Å². The molecule has 0 aliphatic carbocycles. The Morgan fingerprint density at radius 1 is 1.00 bits per heavy atom. The lowest BCUT2D eigenvalue weighted by Crippen LogP contribution is -2.03.